The summed E-state index contributed by atoms with van der Waals surface area (Å²) in [4.78, 5) is 12.6. The second-order valence-corrected chi connectivity index (χ2v) is 5.90. The minimum atomic E-state index is -5.16. The average molecular weight is 380 g/mol. The molecule has 0 aliphatic carbocycles. The van der Waals surface area contributed by atoms with E-state index in [1.807, 2.05) is 0 Å². The smallest absolute Gasteiger partial charge is 0.438 e. The lowest BCUT2D eigenvalue weighted by Crippen LogP contribution is -2.56. The summed E-state index contributed by atoms with van der Waals surface area (Å²) >= 11 is 0. The highest BCUT2D eigenvalue weighted by atomic mass is 19.4. The van der Waals surface area contributed by atoms with Crippen molar-refractivity contribution in [3.8, 4) is 11.5 Å². The van der Waals surface area contributed by atoms with Gasteiger partial charge in [0.15, 0.2) is 0 Å². The Kier molecular flexibility index (Phi) is 4.56. The molecule has 3 rings (SSSR count). The first-order valence-corrected chi connectivity index (χ1v) is 7.81. The number of hydrogen-bond donors (Lipinski definition) is 2. The summed E-state index contributed by atoms with van der Waals surface area (Å²) in [6, 6.07) is 11.1. The highest BCUT2D eigenvalue weighted by molar-refractivity contribution is 6.06. The van der Waals surface area contributed by atoms with Gasteiger partial charge in [-0.3, -0.25) is 4.79 Å². The van der Waals surface area contributed by atoms with Gasteiger partial charge < -0.3 is 14.9 Å². The summed E-state index contributed by atoms with van der Waals surface area (Å²) < 4.78 is 45.7. The van der Waals surface area contributed by atoms with Crippen LogP contribution in [0.2, 0.25) is 0 Å². The van der Waals surface area contributed by atoms with Crippen LogP contribution >= 0.6 is 0 Å². The van der Waals surface area contributed by atoms with Crippen LogP contribution in [0.4, 0.5) is 13.2 Å². The Balaban J connectivity index is 2.05. The monoisotopic (exact) mass is 380 g/mol. The van der Waals surface area contributed by atoms with Crippen LogP contribution in [0.5, 0.6) is 11.5 Å². The normalized spacial score (nSPS) is 19.7. The van der Waals surface area contributed by atoms with Crippen LogP contribution in [0.3, 0.4) is 0 Å². The van der Waals surface area contributed by atoms with Gasteiger partial charge in [-0.2, -0.15) is 23.3 Å². The molecule has 0 fully saturated rings. The summed E-state index contributed by atoms with van der Waals surface area (Å²) in [5.74, 6) is -1.29. The molecule has 0 unspecified atom stereocenters. The zero-order valence-electron chi connectivity index (χ0n) is 14.1. The third-order valence-corrected chi connectivity index (χ3v) is 4.19. The molecular weight excluding hydrogens is 365 g/mol. The van der Waals surface area contributed by atoms with Gasteiger partial charge >= 0.3 is 6.18 Å². The minimum Gasteiger partial charge on any atom is -0.507 e. The number of para-hydroxylation sites is 1. The number of carbonyl (C=O) groups is 1. The van der Waals surface area contributed by atoms with E-state index in [9.17, 15) is 28.2 Å². The molecule has 2 aromatic carbocycles. The molecule has 6 nitrogen and oxygen atoms in total. The van der Waals surface area contributed by atoms with E-state index in [2.05, 4.69) is 5.10 Å². The molecule has 1 amide bonds. The number of amides is 1. The standard InChI is InChI=1S/C18H15F3N2O4/c1-27-12-8-6-11(7-9-12)14-10-17(26,18(19,20)21)23(22-14)16(25)13-4-2-3-5-15(13)24/h2-9,24,26H,10H2,1H3/t17-/m0/s1. The highest BCUT2D eigenvalue weighted by Gasteiger charge is 2.63. The van der Waals surface area contributed by atoms with Crippen molar-refractivity contribution < 1.29 is 32.9 Å². The Morgan fingerprint density at radius 2 is 1.81 bits per heavy atom. The minimum absolute atomic E-state index is 0.0262. The van der Waals surface area contributed by atoms with Gasteiger partial charge in [-0.15, -0.1) is 0 Å². The van der Waals surface area contributed by atoms with Crippen LogP contribution < -0.4 is 4.74 Å². The molecule has 0 saturated carbocycles. The van der Waals surface area contributed by atoms with Crippen molar-refractivity contribution in [2.24, 2.45) is 5.10 Å². The molecule has 0 spiro atoms. The Morgan fingerprint density at radius 1 is 1.19 bits per heavy atom. The number of hydrogen-bond acceptors (Lipinski definition) is 5. The maximum absolute atomic E-state index is 13.6. The Morgan fingerprint density at radius 3 is 2.37 bits per heavy atom. The van der Waals surface area contributed by atoms with Crippen molar-refractivity contribution in [2.45, 2.75) is 18.3 Å². The summed E-state index contributed by atoms with van der Waals surface area (Å²) in [6.45, 7) is 0. The first-order chi connectivity index (χ1) is 12.7. The zero-order chi connectivity index (χ0) is 19.8. The summed E-state index contributed by atoms with van der Waals surface area (Å²) in [5, 5.41) is 23.8. The van der Waals surface area contributed by atoms with Gasteiger partial charge in [0.05, 0.1) is 24.8 Å². The molecule has 0 saturated heterocycles. The van der Waals surface area contributed by atoms with Crippen LogP contribution in [0.15, 0.2) is 53.6 Å². The van der Waals surface area contributed by atoms with Crippen LogP contribution in [0, 0.1) is 0 Å². The van der Waals surface area contributed by atoms with Crippen LogP contribution in [-0.2, 0) is 0 Å². The van der Waals surface area contributed by atoms with Gasteiger partial charge in [0.25, 0.3) is 11.6 Å². The van der Waals surface area contributed by atoms with Crippen LogP contribution in [0.25, 0.3) is 0 Å². The van der Waals surface area contributed by atoms with E-state index in [4.69, 9.17) is 4.74 Å². The number of aliphatic hydroxyl groups is 1. The highest BCUT2D eigenvalue weighted by Crippen LogP contribution is 2.42. The van der Waals surface area contributed by atoms with E-state index in [-0.39, 0.29) is 10.7 Å². The zero-order valence-corrected chi connectivity index (χ0v) is 14.1. The van der Waals surface area contributed by atoms with Gasteiger partial charge in [0, 0.05) is 0 Å². The average Bonchev–Trinajstić information content (AvgIpc) is 3.00. The summed E-state index contributed by atoms with van der Waals surface area (Å²) in [5.41, 5.74) is -3.76. The third-order valence-electron chi connectivity index (χ3n) is 4.19. The molecule has 0 aromatic heterocycles. The Labute approximate surface area is 152 Å². The van der Waals surface area contributed by atoms with Crippen molar-refractivity contribution in [2.75, 3.05) is 7.11 Å². The molecule has 0 radical (unpaired) electrons. The predicted molar refractivity (Wildman–Crippen MR) is 89.4 cm³/mol. The molecule has 2 aromatic rings. The van der Waals surface area contributed by atoms with Gasteiger partial charge in [0.1, 0.15) is 11.5 Å². The van der Waals surface area contributed by atoms with Gasteiger partial charge in [0.2, 0.25) is 0 Å². The largest absolute Gasteiger partial charge is 0.507 e. The van der Waals surface area contributed by atoms with E-state index in [1.165, 1.54) is 43.5 Å². The van der Waals surface area contributed by atoms with Crippen molar-refractivity contribution >= 4 is 11.6 Å². The van der Waals surface area contributed by atoms with Crippen molar-refractivity contribution in [3.63, 3.8) is 0 Å². The van der Waals surface area contributed by atoms with Gasteiger partial charge in [-0.25, -0.2) is 0 Å². The first-order valence-electron chi connectivity index (χ1n) is 7.81. The molecule has 0 bridgehead atoms. The molecule has 1 heterocycles. The maximum atomic E-state index is 13.6. The van der Waals surface area contributed by atoms with E-state index in [0.29, 0.717) is 11.3 Å². The Hall–Kier alpha value is -3.07. The first kappa shape index (κ1) is 18.7. The quantitative estimate of drug-likeness (QED) is 0.858. The van der Waals surface area contributed by atoms with Crippen LogP contribution in [-0.4, -0.2) is 45.9 Å². The lowest BCUT2D eigenvalue weighted by atomic mass is 10.0. The van der Waals surface area contributed by atoms with E-state index in [1.54, 1.807) is 0 Å². The van der Waals surface area contributed by atoms with E-state index in [0.717, 1.165) is 12.1 Å². The number of nitrogens with zero attached hydrogens (tertiary/aromatic N) is 2. The number of methoxy groups -OCH3 is 1. The van der Waals surface area contributed by atoms with Crippen molar-refractivity contribution in [1.82, 2.24) is 5.01 Å². The maximum Gasteiger partial charge on any atom is 0.438 e. The molecule has 1 aliphatic heterocycles. The number of carbonyl (C=O) groups excluding carboxylic acids is 1. The lowest BCUT2D eigenvalue weighted by Gasteiger charge is -2.32. The van der Waals surface area contributed by atoms with Crippen molar-refractivity contribution in [3.05, 3.63) is 59.7 Å². The fourth-order valence-electron chi connectivity index (χ4n) is 2.69. The number of halogens is 3. The number of ether oxygens (including phenoxy) is 1. The van der Waals surface area contributed by atoms with Gasteiger partial charge in [-0.05, 0) is 42.0 Å². The number of phenols is 1. The molecular formula is C18H15F3N2O4. The van der Waals surface area contributed by atoms with Crippen LogP contribution in [0.1, 0.15) is 22.3 Å². The molecule has 27 heavy (non-hydrogen) atoms. The number of phenolic OH excluding ortho intramolecular Hbond substituents is 1. The van der Waals surface area contributed by atoms with E-state index >= 15 is 0 Å². The second-order valence-electron chi connectivity index (χ2n) is 5.90. The van der Waals surface area contributed by atoms with Gasteiger partial charge in [-0.1, -0.05) is 12.1 Å². The fourth-order valence-corrected chi connectivity index (χ4v) is 2.69. The second kappa shape index (κ2) is 6.58. The van der Waals surface area contributed by atoms with Crippen molar-refractivity contribution in [1.29, 1.82) is 0 Å². The number of hydrazone groups is 1. The molecule has 142 valence electrons. The topological polar surface area (TPSA) is 82.4 Å². The number of benzene rings is 2. The van der Waals surface area contributed by atoms with E-state index < -0.39 is 35.5 Å². The predicted octanol–water partition coefficient (Wildman–Crippen LogP) is 2.90. The molecule has 9 heteroatoms. The summed E-state index contributed by atoms with van der Waals surface area (Å²) in [6.07, 6.45) is -6.10. The SMILES string of the molecule is COc1ccc(C2=NN(C(=O)c3ccccc3O)[C@@](O)(C(F)(F)F)C2)cc1. The Bertz CT molecular complexity index is 896. The molecule has 1 aliphatic rings. The lowest BCUT2D eigenvalue weighted by molar-refractivity contribution is -0.297. The number of rotatable bonds is 3. The number of alkyl halides is 3. The molecule has 1 atom stereocenters. The number of aromatic hydroxyl groups is 1. The fraction of sp³-hybridized carbons (Fsp3) is 0.222. The third kappa shape index (κ3) is 3.21. The summed E-state index contributed by atoms with van der Waals surface area (Å²) in [7, 11) is 1.44. The molecule has 2 N–H and O–H groups in total.